The van der Waals surface area contributed by atoms with E-state index in [1.165, 1.54) is 37.9 Å². The van der Waals surface area contributed by atoms with Crippen LogP contribution >= 0.6 is 0 Å². The van der Waals surface area contributed by atoms with Gasteiger partial charge >= 0.3 is 0 Å². The van der Waals surface area contributed by atoms with Crippen molar-refractivity contribution in [1.29, 1.82) is 0 Å². The van der Waals surface area contributed by atoms with Crippen molar-refractivity contribution < 1.29 is 9.21 Å². The average Bonchev–Trinajstić information content (AvgIpc) is 3.48. The number of amides is 1. The minimum atomic E-state index is 0.0375. The molecule has 2 atom stereocenters. The van der Waals surface area contributed by atoms with Crippen LogP contribution in [0, 0.1) is 11.8 Å². The molecule has 2 aromatic carbocycles. The second kappa shape index (κ2) is 7.06. The van der Waals surface area contributed by atoms with Crippen molar-refractivity contribution >= 4 is 22.7 Å². The first kappa shape index (κ1) is 17.8. The van der Waals surface area contributed by atoms with Crippen molar-refractivity contribution in [3.05, 3.63) is 53.6 Å². The van der Waals surface area contributed by atoms with E-state index in [-0.39, 0.29) is 17.7 Å². The Bertz CT molecular complexity index is 1140. The van der Waals surface area contributed by atoms with Gasteiger partial charge in [0.15, 0.2) is 5.58 Å². The lowest BCUT2D eigenvalue weighted by Gasteiger charge is -2.26. The zero-order valence-corrected chi connectivity index (χ0v) is 16.8. The van der Waals surface area contributed by atoms with Gasteiger partial charge in [-0.25, -0.2) is 10.4 Å². The maximum Gasteiger partial charge on any atom is 0.243 e. The normalized spacial score (nSPS) is 23.7. The molecule has 1 amide bonds. The first-order valence-electron chi connectivity index (χ1n) is 10.8. The van der Waals surface area contributed by atoms with E-state index in [1.54, 1.807) is 0 Å². The Labute approximate surface area is 175 Å². The van der Waals surface area contributed by atoms with Crippen molar-refractivity contribution in [3.63, 3.8) is 0 Å². The number of carbonyl (C=O) groups excluding carboxylic acids is 1. The minimum Gasteiger partial charge on any atom is -0.436 e. The molecule has 1 saturated heterocycles. The Hall–Kier alpha value is -2.99. The number of hydrogen-bond donors (Lipinski definition) is 1. The van der Waals surface area contributed by atoms with Gasteiger partial charge in [0.25, 0.3) is 0 Å². The number of hydrogen-bond acceptors (Lipinski definition) is 5. The fourth-order valence-corrected chi connectivity index (χ4v) is 4.68. The molecule has 152 valence electrons. The summed E-state index contributed by atoms with van der Waals surface area (Å²) in [5, 5.41) is 4.28. The molecule has 0 bridgehead atoms. The van der Waals surface area contributed by atoms with Gasteiger partial charge in [-0.15, -0.1) is 0 Å². The Kier molecular flexibility index (Phi) is 4.20. The van der Waals surface area contributed by atoms with E-state index in [4.69, 9.17) is 4.42 Å². The van der Waals surface area contributed by atoms with E-state index < -0.39 is 0 Å². The van der Waals surface area contributed by atoms with E-state index in [0.29, 0.717) is 5.89 Å². The van der Waals surface area contributed by atoms with Crippen LogP contribution in [0.1, 0.15) is 36.8 Å². The summed E-state index contributed by atoms with van der Waals surface area (Å²) in [5.74, 6) is 0.998. The van der Waals surface area contributed by atoms with Gasteiger partial charge in [0.1, 0.15) is 5.52 Å². The summed E-state index contributed by atoms with van der Waals surface area (Å²) >= 11 is 0. The quantitative estimate of drug-likeness (QED) is 0.720. The first-order valence-corrected chi connectivity index (χ1v) is 10.8. The maximum absolute atomic E-state index is 11.7. The van der Waals surface area contributed by atoms with Crippen LogP contribution in [0.2, 0.25) is 0 Å². The van der Waals surface area contributed by atoms with Gasteiger partial charge < -0.3 is 4.42 Å². The first-order chi connectivity index (χ1) is 14.7. The minimum absolute atomic E-state index is 0.0375. The van der Waals surface area contributed by atoms with Crippen molar-refractivity contribution in [2.45, 2.75) is 32.2 Å². The molecule has 1 N–H and O–H groups in total. The van der Waals surface area contributed by atoms with Crippen LogP contribution in [-0.2, 0) is 11.3 Å². The van der Waals surface area contributed by atoms with Crippen LogP contribution in [0.5, 0.6) is 0 Å². The van der Waals surface area contributed by atoms with Crippen LogP contribution < -0.4 is 5.43 Å². The second-order valence-electron chi connectivity index (χ2n) is 8.66. The van der Waals surface area contributed by atoms with E-state index in [0.717, 1.165) is 40.9 Å². The van der Waals surface area contributed by atoms with Crippen molar-refractivity contribution in [1.82, 2.24) is 15.3 Å². The average molecular weight is 400 g/mol. The van der Waals surface area contributed by atoms with Crippen molar-refractivity contribution in [2.75, 3.05) is 13.1 Å². The lowest BCUT2D eigenvalue weighted by molar-refractivity contribution is -0.122. The Morgan fingerprint density at radius 1 is 1.00 bits per heavy atom. The Balaban J connectivity index is 1.23. The van der Waals surface area contributed by atoms with E-state index >= 15 is 0 Å². The number of rotatable bonds is 4. The molecule has 0 spiro atoms. The van der Waals surface area contributed by atoms with E-state index in [2.05, 4.69) is 44.7 Å². The number of likely N-dealkylation sites (tertiary alicyclic amines) is 1. The summed E-state index contributed by atoms with van der Waals surface area (Å²) in [6.45, 7) is 3.41. The molecule has 6 heteroatoms. The third kappa shape index (κ3) is 3.21. The van der Waals surface area contributed by atoms with Crippen LogP contribution in [0.4, 0.5) is 0 Å². The van der Waals surface area contributed by atoms with Crippen LogP contribution in [-0.4, -0.2) is 34.6 Å². The molecule has 2 aliphatic heterocycles. The smallest absolute Gasteiger partial charge is 0.243 e. The zero-order chi connectivity index (χ0) is 20.1. The second-order valence-corrected chi connectivity index (χ2v) is 8.66. The third-order valence-corrected chi connectivity index (χ3v) is 6.50. The number of carbonyl (C=O) groups is 1. The number of nitrogens with one attached hydrogen (secondary N) is 1. The Morgan fingerprint density at radius 2 is 1.80 bits per heavy atom. The molecule has 3 heterocycles. The number of piperidine rings is 1. The van der Waals surface area contributed by atoms with Gasteiger partial charge in [-0.1, -0.05) is 24.6 Å². The molecule has 3 aliphatic rings. The molecule has 1 aliphatic carbocycles. The molecule has 1 aromatic heterocycles. The number of hydrazone groups is 1. The highest BCUT2D eigenvalue weighted by Crippen LogP contribution is 2.43. The standard InChI is InChI=1S/C24H24N4O2/c29-23-19-13-18(19)22(26-27-23)17-8-9-20-21(12-17)30-24(25-20)16-6-4-15(5-7-16)14-28-10-2-1-3-11-28/h4-9,12,18-19H,1-3,10-11,13-14H2,(H,27,29). The number of benzene rings is 2. The molecule has 30 heavy (non-hydrogen) atoms. The SMILES string of the molecule is O=C1NN=C(c2ccc3nc(-c4ccc(CN5CCCCC5)cc4)oc3c2)C2CC12. The number of nitrogens with zero attached hydrogens (tertiary/aromatic N) is 3. The van der Waals surface area contributed by atoms with Gasteiger partial charge in [-0.05, 0) is 62.2 Å². The number of oxazole rings is 1. The molecule has 6 nitrogen and oxygen atoms in total. The zero-order valence-electron chi connectivity index (χ0n) is 16.8. The van der Waals surface area contributed by atoms with Crippen LogP contribution in [0.3, 0.4) is 0 Å². The van der Waals surface area contributed by atoms with Gasteiger partial charge in [0, 0.05) is 29.5 Å². The number of aromatic nitrogens is 1. The molecule has 3 aromatic rings. The van der Waals surface area contributed by atoms with Gasteiger partial charge in [-0.2, -0.15) is 5.10 Å². The molecular formula is C24H24N4O2. The Morgan fingerprint density at radius 3 is 2.63 bits per heavy atom. The monoisotopic (exact) mass is 400 g/mol. The summed E-state index contributed by atoms with van der Waals surface area (Å²) in [5.41, 5.74) is 8.47. The molecule has 0 radical (unpaired) electrons. The predicted octanol–water partition coefficient (Wildman–Crippen LogP) is 3.95. The highest BCUT2D eigenvalue weighted by molar-refractivity contribution is 6.10. The summed E-state index contributed by atoms with van der Waals surface area (Å²) < 4.78 is 6.08. The molecular weight excluding hydrogens is 376 g/mol. The number of fused-ring (bicyclic) bond motifs is 2. The van der Waals surface area contributed by atoms with Crippen LogP contribution in [0.25, 0.3) is 22.6 Å². The molecule has 1 saturated carbocycles. The lowest BCUT2D eigenvalue weighted by atomic mass is 10.0. The topological polar surface area (TPSA) is 70.7 Å². The van der Waals surface area contributed by atoms with E-state index in [9.17, 15) is 4.79 Å². The summed E-state index contributed by atoms with van der Waals surface area (Å²) in [7, 11) is 0. The van der Waals surface area contributed by atoms with Crippen LogP contribution in [0.15, 0.2) is 52.0 Å². The van der Waals surface area contributed by atoms with Gasteiger partial charge in [-0.3, -0.25) is 9.69 Å². The van der Waals surface area contributed by atoms with Gasteiger partial charge in [0.05, 0.1) is 5.71 Å². The maximum atomic E-state index is 11.7. The summed E-state index contributed by atoms with van der Waals surface area (Å²) in [4.78, 5) is 18.9. The van der Waals surface area contributed by atoms with Crippen molar-refractivity contribution in [3.8, 4) is 11.5 Å². The fourth-order valence-electron chi connectivity index (χ4n) is 4.68. The van der Waals surface area contributed by atoms with E-state index in [1.807, 2.05) is 18.2 Å². The third-order valence-electron chi connectivity index (χ3n) is 6.50. The molecule has 2 unspecified atom stereocenters. The largest absolute Gasteiger partial charge is 0.436 e. The fraction of sp³-hybridized carbons (Fsp3) is 0.375. The molecule has 6 rings (SSSR count). The molecule has 2 fully saturated rings. The lowest BCUT2D eigenvalue weighted by Crippen LogP contribution is -2.28. The predicted molar refractivity (Wildman–Crippen MR) is 115 cm³/mol. The summed E-state index contributed by atoms with van der Waals surface area (Å²) in [6, 6.07) is 14.5. The van der Waals surface area contributed by atoms with Gasteiger partial charge in [0.2, 0.25) is 11.8 Å². The highest BCUT2D eigenvalue weighted by Gasteiger charge is 2.49. The highest BCUT2D eigenvalue weighted by atomic mass is 16.3. The van der Waals surface area contributed by atoms with Crippen molar-refractivity contribution in [2.24, 2.45) is 16.9 Å². The summed E-state index contributed by atoms with van der Waals surface area (Å²) in [6.07, 6.45) is 4.86.